The maximum absolute atomic E-state index is 12.2. The number of carbonyl (C=O) groups is 1. The molecule has 2 aromatic rings. The number of hydrazine groups is 1. The third-order valence-electron chi connectivity index (χ3n) is 4.09. The molecular weight excluding hydrogens is 396 g/mol. The molecule has 3 N–H and O–H groups in total. The van der Waals surface area contributed by atoms with Gasteiger partial charge in [0.15, 0.2) is 16.6 Å². The fraction of sp³-hybridized carbons (Fsp3) is 0.263. The molecule has 2 rings (SSSR count). The lowest BCUT2D eigenvalue weighted by Gasteiger charge is -2.13. The number of nitro benzene ring substituents is 1. The first kappa shape index (κ1) is 21.9. The van der Waals surface area contributed by atoms with Crippen LogP contribution in [0.1, 0.15) is 21.5 Å². The molecule has 0 unspecified atom stereocenters. The molecule has 9 nitrogen and oxygen atoms in total. The summed E-state index contributed by atoms with van der Waals surface area (Å²) in [5.41, 5.74) is 6.74. The van der Waals surface area contributed by atoms with Gasteiger partial charge in [-0.25, -0.2) is 0 Å². The molecule has 0 radical (unpaired) electrons. The van der Waals surface area contributed by atoms with Crippen molar-refractivity contribution in [1.82, 2.24) is 16.2 Å². The van der Waals surface area contributed by atoms with E-state index in [1.54, 1.807) is 21.1 Å². The van der Waals surface area contributed by atoms with Crippen molar-refractivity contribution in [3.63, 3.8) is 0 Å². The van der Waals surface area contributed by atoms with Gasteiger partial charge in [0.05, 0.1) is 19.1 Å². The van der Waals surface area contributed by atoms with Crippen LogP contribution in [0.5, 0.6) is 11.5 Å². The summed E-state index contributed by atoms with van der Waals surface area (Å²) in [7, 11) is 3.16. The predicted molar refractivity (Wildman–Crippen MR) is 112 cm³/mol. The molecule has 0 spiro atoms. The molecule has 154 valence electrons. The number of nitro groups is 1. The Labute approximate surface area is 173 Å². The maximum atomic E-state index is 12.2. The first-order valence-electron chi connectivity index (χ1n) is 8.65. The number of nitrogens with one attached hydrogen (secondary N) is 3. The zero-order valence-electron chi connectivity index (χ0n) is 16.3. The smallest absolute Gasteiger partial charge is 0.272 e. The van der Waals surface area contributed by atoms with Gasteiger partial charge in [-0.05, 0) is 55.4 Å². The van der Waals surface area contributed by atoms with E-state index in [0.29, 0.717) is 30.0 Å². The Bertz CT molecular complexity index is 919. The van der Waals surface area contributed by atoms with Crippen LogP contribution in [0.2, 0.25) is 0 Å². The summed E-state index contributed by atoms with van der Waals surface area (Å²) in [6.45, 7) is 2.11. The second kappa shape index (κ2) is 10.2. The standard InChI is InChI=1S/C19H22N4O5S/c1-12-10-14(5-6-15(12)23(25)26)18(24)21-22-19(29)20-9-8-13-4-7-16(27-2)17(11-13)28-3/h4-7,10-11H,8-9H2,1-3H3,(H,21,24)(H2,20,22,29). The highest BCUT2D eigenvalue weighted by atomic mass is 32.1. The van der Waals surface area contributed by atoms with E-state index in [2.05, 4.69) is 16.2 Å². The molecule has 0 aliphatic heterocycles. The summed E-state index contributed by atoms with van der Waals surface area (Å²) in [5, 5.41) is 14.1. The monoisotopic (exact) mass is 418 g/mol. The number of amides is 1. The van der Waals surface area contributed by atoms with Gasteiger partial charge in [-0.1, -0.05) is 6.07 Å². The lowest BCUT2D eigenvalue weighted by Crippen LogP contribution is -2.47. The summed E-state index contributed by atoms with van der Waals surface area (Å²) in [4.78, 5) is 22.5. The van der Waals surface area contributed by atoms with Crippen molar-refractivity contribution in [2.45, 2.75) is 13.3 Å². The number of benzene rings is 2. The summed E-state index contributed by atoms with van der Waals surface area (Å²) >= 11 is 5.14. The van der Waals surface area contributed by atoms with E-state index < -0.39 is 10.8 Å². The van der Waals surface area contributed by atoms with E-state index in [4.69, 9.17) is 21.7 Å². The zero-order chi connectivity index (χ0) is 21.4. The van der Waals surface area contributed by atoms with Crippen LogP contribution >= 0.6 is 12.2 Å². The molecule has 0 saturated heterocycles. The van der Waals surface area contributed by atoms with Gasteiger partial charge in [-0.15, -0.1) is 0 Å². The van der Waals surface area contributed by atoms with Crippen LogP contribution < -0.4 is 25.6 Å². The SMILES string of the molecule is COc1ccc(CCNC(=S)NNC(=O)c2ccc([N+](=O)[O-])c(C)c2)cc1OC. The van der Waals surface area contributed by atoms with Gasteiger partial charge in [0.25, 0.3) is 11.6 Å². The Hall–Kier alpha value is -3.40. The summed E-state index contributed by atoms with van der Waals surface area (Å²) < 4.78 is 10.5. The van der Waals surface area contributed by atoms with E-state index >= 15 is 0 Å². The van der Waals surface area contributed by atoms with Crippen molar-refractivity contribution < 1.29 is 19.2 Å². The second-order valence-corrected chi connectivity index (χ2v) is 6.44. The van der Waals surface area contributed by atoms with Gasteiger partial charge in [-0.2, -0.15) is 0 Å². The molecule has 0 aromatic heterocycles. The van der Waals surface area contributed by atoms with Crippen molar-refractivity contribution in [2.75, 3.05) is 20.8 Å². The lowest BCUT2D eigenvalue weighted by molar-refractivity contribution is -0.385. The Balaban J connectivity index is 1.80. The number of carbonyl (C=O) groups excluding carboxylic acids is 1. The average molecular weight is 418 g/mol. The van der Waals surface area contributed by atoms with Crippen LogP contribution in [0.15, 0.2) is 36.4 Å². The molecule has 0 atom stereocenters. The minimum Gasteiger partial charge on any atom is -0.493 e. The predicted octanol–water partition coefficient (Wildman–Crippen LogP) is 2.27. The largest absolute Gasteiger partial charge is 0.493 e. The van der Waals surface area contributed by atoms with Crippen LogP contribution in [0, 0.1) is 17.0 Å². The van der Waals surface area contributed by atoms with Gasteiger partial charge in [-0.3, -0.25) is 25.8 Å². The third-order valence-corrected chi connectivity index (χ3v) is 4.34. The number of nitrogens with zero attached hydrogens (tertiary/aromatic N) is 1. The first-order chi connectivity index (χ1) is 13.8. The zero-order valence-corrected chi connectivity index (χ0v) is 17.1. The van der Waals surface area contributed by atoms with Crippen molar-refractivity contribution in [3.8, 4) is 11.5 Å². The Morgan fingerprint density at radius 3 is 2.45 bits per heavy atom. The molecule has 1 amide bonds. The normalized spacial score (nSPS) is 10.0. The quantitative estimate of drug-likeness (QED) is 0.356. The molecule has 0 heterocycles. The van der Waals surface area contributed by atoms with Crippen LogP contribution in [0.3, 0.4) is 0 Å². The summed E-state index contributed by atoms with van der Waals surface area (Å²) in [6.07, 6.45) is 0.678. The Kier molecular flexibility index (Phi) is 7.72. The molecule has 0 fully saturated rings. The number of methoxy groups -OCH3 is 2. The molecule has 2 aromatic carbocycles. The van der Waals surface area contributed by atoms with Gasteiger partial charge in [0.1, 0.15) is 0 Å². The van der Waals surface area contributed by atoms with Gasteiger partial charge in [0.2, 0.25) is 0 Å². The highest BCUT2D eigenvalue weighted by Gasteiger charge is 2.13. The van der Waals surface area contributed by atoms with Gasteiger partial charge >= 0.3 is 0 Å². The Morgan fingerprint density at radius 2 is 1.83 bits per heavy atom. The molecule has 29 heavy (non-hydrogen) atoms. The van der Waals surface area contributed by atoms with Crippen molar-refractivity contribution in [3.05, 3.63) is 63.2 Å². The molecule has 10 heteroatoms. The van der Waals surface area contributed by atoms with Gasteiger partial charge in [0, 0.05) is 23.7 Å². The van der Waals surface area contributed by atoms with E-state index in [1.165, 1.54) is 18.2 Å². The van der Waals surface area contributed by atoms with E-state index in [-0.39, 0.29) is 16.4 Å². The van der Waals surface area contributed by atoms with Crippen LogP contribution in [-0.4, -0.2) is 36.7 Å². The number of thiocarbonyl (C=S) groups is 1. The fourth-order valence-corrected chi connectivity index (χ4v) is 2.74. The third kappa shape index (κ3) is 6.04. The van der Waals surface area contributed by atoms with Crippen molar-refractivity contribution >= 4 is 28.9 Å². The van der Waals surface area contributed by atoms with Crippen LogP contribution in [0.4, 0.5) is 5.69 Å². The minimum atomic E-state index is -0.493. The number of ether oxygens (including phenoxy) is 2. The molecule has 0 bridgehead atoms. The highest BCUT2D eigenvalue weighted by molar-refractivity contribution is 7.80. The second-order valence-electron chi connectivity index (χ2n) is 6.03. The minimum absolute atomic E-state index is 0.0399. The topological polar surface area (TPSA) is 115 Å². The molecular formula is C19H22N4O5S. The first-order valence-corrected chi connectivity index (χ1v) is 9.06. The van der Waals surface area contributed by atoms with Gasteiger partial charge < -0.3 is 14.8 Å². The van der Waals surface area contributed by atoms with E-state index in [1.807, 2.05) is 18.2 Å². The average Bonchev–Trinajstić information content (AvgIpc) is 2.71. The number of rotatable bonds is 7. The van der Waals surface area contributed by atoms with E-state index in [9.17, 15) is 14.9 Å². The van der Waals surface area contributed by atoms with Crippen LogP contribution in [-0.2, 0) is 6.42 Å². The van der Waals surface area contributed by atoms with Crippen molar-refractivity contribution in [1.29, 1.82) is 0 Å². The van der Waals surface area contributed by atoms with Crippen LogP contribution in [0.25, 0.3) is 0 Å². The molecule has 0 saturated carbocycles. The fourth-order valence-electron chi connectivity index (χ4n) is 2.59. The number of aryl methyl sites for hydroxylation is 1. The molecule has 0 aliphatic carbocycles. The van der Waals surface area contributed by atoms with Crippen molar-refractivity contribution in [2.24, 2.45) is 0 Å². The summed E-state index contributed by atoms with van der Waals surface area (Å²) in [6, 6.07) is 9.77. The highest BCUT2D eigenvalue weighted by Crippen LogP contribution is 2.27. The number of hydrogen-bond donors (Lipinski definition) is 3. The Morgan fingerprint density at radius 1 is 1.10 bits per heavy atom. The molecule has 0 aliphatic rings. The van der Waals surface area contributed by atoms with E-state index in [0.717, 1.165) is 5.56 Å². The summed E-state index contributed by atoms with van der Waals surface area (Å²) in [5.74, 6) is 0.856. The number of hydrogen-bond acceptors (Lipinski definition) is 6. The maximum Gasteiger partial charge on any atom is 0.272 e. The lowest BCUT2D eigenvalue weighted by atomic mass is 10.1.